The molecule has 0 atom stereocenters. The lowest BCUT2D eigenvalue weighted by atomic mass is 9.81. The zero-order valence-electron chi connectivity index (χ0n) is 29.2. The summed E-state index contributed by atoms with van der Waals surface area (Å²) in [5.74, 6) is 0. The first kappa shape index (κ1) is 34.5. The summed E-state index contributed by atoms with van der Waals surface area (Å²) in [5, 5.41) is 3.87. The highest BCUT2D eigenvalue weighted by molar-refractivity contribution is 6.03. The van der Waals surface area contributed by atoms with Crippen LogP contribution in [-0.4, -0.2) is 50.7 Å². The number of allylic oxidation sites excluding steroid dienone is 7. The fourth-order valence-corrected chi connectivity index (χ4v) is 7.29. The summed E-state index contributed by atoms with van der Waals surface area (Å²) in [7, 11) is 3.25. The molecule has 0 saturated carbocycles. The third-order valence-electron chi connectivity index (χ3n) is 9.58. The average molecular weight is 610 g/mol. The van der Waals surface area contributed by atoms with E-state index < -0.39 is 0 Å². The summed E-state index contributed by atoms with van der Waals surface area (Å²) < 4.78 is 6.74. The predicted octanol–water partition coefficient (Wildman–Crippen LogP) is 8.30. The standard InChI is InChI=1S/C38H50N4.C2H6O/c1-7-41-32-20-11-9-18-30(32)37(3,4)34(41)24-22-28-16-15-17-29(36(28)40-27-14-13-26-39)23-25-35-38(5,6)31-19-10-12-21-33(31)42(35)8-2;1-3-2/h9-12,18-25H,7-8,13-17,26-27,39H2,1-6H3;1-2H3/p+1/b28-22+,34-24+;. The molecule has 0 unspecified atom stereocenters. The van der Waals surface area contributed by atoms with Gasteiger partial charge in [0.15, 0.2) is 5.71 Å². The van der Waals surface area contributed by atoms with E-state index in [9.17, 15) is 0 Å². The molecule has 1 aliphatic carbocycles. The maximum Gasteiger partial charge on any atom is 0.209 e. The molecule has 45 heavy (non-hydrogen) atoms. The smallest absolute Gasteiger partial charge is 0.209 e. The summed E-state index contributed by atoms with van der Waals surface area (Å²) in [4.78, 5) is 2.49. The number of hydrogen-bond acceptors (Lipinski definition) is 4. The van der Waals surface area contributed by atoms with Gasteiger partial charge in [-0.2, -0.15) is 4.58 Å². The second-order valence-electron chi connectivity index (χ2n) is 13.3. The van der Waals surface area contributed by atoms with Gasteiger partial charge in [0.25, 0.3) is 0 Å². The van der Waals surface area contributed by atoms with Gasteiger partial charge in [-0.15, -0.1) is 0 Å². The normalized spacial score (nSPS) is 20.2. The van der Waals surface area contributed by atoms with Gasteiger partial charge in [-0.05, 0) is 95.2 Å². The van der Waals surface area contributed by atoms with Crippen LogP contribution >= 0.6 is 0 Å². The van der Waals surface area contributed by atoms with Crippen LogP contribution in [0.3, 0.4) is 0 Å². The Morgan fingerprint density at radius 3 is 2.27 bits per heavy atom. The molecular weight excluding hydrogens is 552 g/mol. The number of para-hydroxylation sites is 2. The van der Waals surface area contributed by atoms with Crippen LogP contribution in [0, 0.1) is 0 Å². The number of rotatable bonds is 10. The van der Waals surface area contributed by atoms with Gasteiger partial charge in [-0.3, -0.25) is 0 Å². The van der Waals surface area contributed by atoms with Crippen molar-refractivity contribution in [1.29, 1.82) is 0 Å². The Balaban J connectivity index is 0.00000148. The molecule has 5 rings (SSSR count). The number of nitrogens with two attached hydrogens (primary N) is 1. The number of fused-ring (bicyclic) bond motifs is 2. The van der Waals surface area contributed by atoms with Gasteiger partial charge in [-0.25, -0.2) is 0 Å². The molecule has 2 aromatic carbocycles. The molecular formula is C40H57N4O+. The van der Waals surface area contributed by atoms with Crippen LogP contribution in [0.5, 0.6) is 0 Å². The van der Waals surface area contributed by atoms with Crippen molar-refractivity contribution in [3.05, 3.63) is 107 Å². The number of likely N-dealkylation sites (N-methyl/N-ethyl adjacent to an activating group) is 1. The van der Waals surface area contributed by atoms with Crippen molar-refractivity contribution in [2.75, 3.05) is 45.3 Å². The second kappa shape index (κ2) is 15.2. The van der Waals surface area contributed by atoms with E-state index in [1.54, 1.807) is 14.2 Å². The van der Waals surface area contributed by atoms with Crippen molar-refractivity contribution < 1.29 is 9.31 Å². The lowest BCUT2D eigenvalue weighted by molar-refractivity contribution is -0.433. The number of unbranched alkanes of at least 4 members (excludes halogenated alkanes) is 1. The van der Waals surface area contributed by atoms with E-state index in [-0.39, 0.29) is 10.8 Å². The van der Waals surface area contributed by atoms with E-state index >= 15 is 0 Å². The predicted molar refractivity (Wildman–Crippen MR) is 193 cm³/mol. The molecule has 5 heteroatoms. The third-order valence-corrected chi connectivity index (χ3v) is 9.58. The minimum absolute atomic E-state index is 0.0250. The average Bonchev–Trinajstić information content (AvgIpc) is 3.39. The van der Waals surface area contributed by atoms with Crippen molar-refractivity contribution in [2.45, 2.75) is 84.5 Å². The minimum Gasteiger partial charge on any atom is -0.388 e. The minimum atomic E-state index is -0.0250. The maximum atomic E-state index is 5.83. The molecule has 5 nitrogen and oxygen atoms in total. The quantitative estimate of drug-likeness (QED) is 0.210. The number of methoxy groups -OCH3 is 1. The van der Waals surface area contributed by atoms with E-state index in [1.165, 1.54) is 57.2 Å². The number of nitrogens with one attached hydrogen (secondary N) is 1. The Bertz CT molecular complexity index is 1490. The van der Waals surface area contributed by atoms with E-state index in [4.69, 9.17) is 5.73 Å². The monoisotopic (exact) mass is 609 g/mol. The van der Waals surface area contributed by atoms with Crippen LogP contribution in [0.15, 0.2) is 95.4 Å². The van der Waals surface area contributed by atoms with Crippen molar-refractivity contribution in [2.24, 2.45) is 5.73 Å². The fraction of sp³-hybridized carbons (Fsp3) is 0.475. The Labute approximate surface area is 273 Å². The molecule has 2 aliphatic heterocycles. The summed E-state index contributed by atoms with van der Waals surface area (Å²) in [6, 6.07) is 17.8. The van der Waals surface area contributed by atoms with Crippen LogP contribution in [0.25, 0.3) is 0 Å². The first-order chi connectivity index (χ1) is 21.7. The zero-order valence-corrected chi connectivity index (χ0v) is 29.2. The topological polar surface area (TPSA) is 53.5 Å². The van der Waals surface area contributed by atoms with Crippen LogP contribution < -0.4 is 16.0 Å². The molecule has 0 amide bonds. The Morgan fingerprint density at radius 1 is 0.889 bits per heavy atom. The van der Waals surface area contributed by atoms with Crippen LogP contribution in [0.1, 0.15) is 84.8 Å². The maximum absolute atomic E-state index is 5.83. The van der Waals surface area contributed by atoms with Gasteiger partial charge in [0, 0.05) is 67.5 Å². The van der Waals surface area contributed by atoms with E-state index in [0.717, 1.165) is 51.9 Å². The van der Waals surface area contributed by atoms with E-state index in [0.29, 0.717) is 0 Å². The molecule has 0 aromatic heterocycles. The van der Waals surface area contributed by atoms with Crippen molar-refractivity contribution >= 4 is 17.1 Å². The molecule has 2 heterocycles. The number of ether oxygens (including phenoxy) is 1. The van der Waals surface area contributed by atoms with Gasteiger partial charge >= 0.3 is 0 Å². The Kier molecular flexibility index (Phi) is 11.7. The van der Waals surface area contributed by atoms with Crippen molar-refractivity contribution in [3.8, 4) is 0 Å². The molecule has 3 aliphatic rings. The van der Waals surface area contributed by atoms with Gasteiger partial charge in [0.2, 0.25) is 5.69 Å². The highest BCUT2D eigenvalue weighted by Crippen LogP contribution is 2.47. The SMILES string of the molecule is CCN1/C(=C/C=C2\CCCC(/C=C/C3=[N+](CC)c4ccccc4C3(C)C)=C2NCCCCN)C(C)(C)c2ccccc21.COC. The molecule has 0 bridgehead atoms. The molecule has 0 radical (unpaired) electrons. The Hall–Kier alpha value is -3.41. The third kappa shape index (κ3) is 7.05. The van der Waals surface area contributed by atoms with Crippen molar-refractivity contribution in [1.82, 2.24) is 5.32 Å². The highest BCUT2D eigenvalue weighted by atomic mass is 16.4. The van der Waals surface area contributed by atoms with Gasteiger partial charge in [0.05, 0.1) is 5.41 Å². The molecule has 0 fully saturated rings. The summed E-state index contributed by atoms with van der Waals surface area (Å²) in [5.41, 5.74) is 18.2. The van der Waals surface area contributed by atoms with E-state index in [1.807, 2.05) is 0 Å². The highest BCUT2D eigenvalue weighted by Gasteiger charge is 2.43. The first-order valence-corrected chi connectivity index (χ1v) is 17.0. The number of nitrogens with zero attached hydrogens (tertiary/aromatic N) is 2. The molecule has 2 aromatic rings. The van der Waals surface area contributed by atoms with Crippen LogP contribution in [0.2, 0.25) is 0 Å². The molecule has 0 spiro atoms. The molecule has 3 N–H and O–H groups in total. The van der Waals surface area contributed by atoms with Gasteiger partial charge < -0.3 is 20.7 Å². The first-order valence-electron chi connectivity index (χ1n) is 17.0. The van der Waals surface area contributed by atoms with Gasteiger partial charge in [0.1, 0.15) is 6.54 Å². The van der Waals surface area contributed by atoms with Crippen LogP contribution in [0.4, 0.5) is 11.4 Å². The summed E-state index contributed by atoms with van der Waals surface area (Å²) in [6.45, 7) is 17.6. The Morgan fingerprint density at radius 2 is 1.58 bits per heavy atom. The lowest BCUT2D eigenvalue weighted by Crippen LogP contribution is -2.28. The van der Waals surface area contributed by atoms with Crippen molar-refractivity contribution in [3.63, 3.8) is 0 Å². The van der Waals surface area contributed by atoms with Crippen LogP contribution in [-0.2, 0) is 15.6 Å². The summed E-state index contributed by atoms with van der Waals surface area (Å²) in [6.07, 6.45) is 15.1. The van der Waals surface area contributed by atoms with Gasteiger partial charge in [-0.1, -0.05) is 62.4 Å². The zero-order chi connectivity index (χ0) is 32.6. The number of hydrogen-bond donors (Lipinski definition) is 2. The summed E-state index contributed by atoms with van der Waals surface area (Å²) >= 11 is 0. The molecule has 242 valence electrons. The number of benzene rings is 2. The fourth-order valence-electron chi connectivity index (χ4n) is 7.29. The number of anilines is 1. The second-order valence-corrected chi connectivity index (χ2v) is 13.3. The van der Waals surface area contributed by atoms with E-state index in [2.05, 4.69) is 134 Å². The lowest BCUT2D eigenvalue weighted by Gasteiger charge is -2.27. The molecule has 0 saturated heterocycles. The largest absolute Gasteiger partial charge is 0.388 e.